The highest BCUT2D eigenvalue weighted by Crippen LogP contribution is 2.20. The van der Waals surface area contributed by atoms with Crippen LogP contribution in [0.4, 0.5) is 11.4 Å². The van der Waals surface area contributed by atoms with Gasteiger partial charge in [-0.1, -0.05) is 30.3 Å². The first kappa shape index (κ1) is 19.1. The molecule has 0 unspecified atom stereocenters. The van der Waals surface area contributed by atoms with Crippen LogP contribution in [0.25, 0.3) is 0 Å². The number of benzene rings is 2. The first-order valence-electron chi connectivity index (χ1n) is 9.75. The van der Waals surface area contributed by atoms with Gasteiger partial charge in [0, 0.05) is 17.8 Å². The molecule has 1 atom stereocenters. The topological polar surface area (TPSA) is 88.2 Å². The van der Waals surface area contributed by atoms with Crippen LogP contribution in [0.2, 0.25) is 0 Å². The first-order chi connectivity index (χ1) is 14.0. The molecule has 2 heterocycles. The quantitative estimate of drug-likeness (QED) is 0.456. The summed E-state index contributed by atoms with van der Waals surface area (Å²) >= 11 is 0. The molecule has 0 saturated carbocycles. The van der Waals surface area contributed by atoms with Crippen molar-refractivity contribution in [3.63, 3.8) is 0 Å². The number of carbonyl (C=O) groups is 2. The van der Waals surface area contributed by atoms with Crippen LogP contribution >= 0.6 is 0 Å². The van der Waals surface area contributed by atoms with E-state index in [2.05, 4.69) is 4.90 Å². The van der Waals surface area contributed by atoms with Crippen molar-refractivity contribution in [1.29, 1.82) is 0 Å². The van der Waals surface area contributed by atoms with Crippen LogP contribution in [0, 0.1) is 10.1 Å². The summed E-state index contributed by atoms with van der Waals surface area (Å²) in [5.74, 6) is -0.188. The van der Waals surface area contributed by atoms with Gasteiger partial charge in [-0.3, -0.25) is 24.6 Å². The van der Waals surface area contributed by atoms with Gasteiger partial charge in [-0.25, -0.2) is 0 Å². The Morgan fingerprint density at radius 2 is 1.66 bits per heavy atom. The summed E-state index contributed by atoms with van der Waals surface area (Å²) in [4.78, 5) is 40.4. The Labute approximate surface area is 168 Å². The second-order valence-corrected chi connectivity index (χ2v) is 7.48. The number of hydrogen-bond acceptors (Lipinski definition) is 5. The van der Waals surface area contributed by atoms with E-state index < -0.39 is 4.92 Å². The fraction of sp³-hybridized carbons (Fsp3) is 0.333. The molecule has 8 nitrogen and oxygen atoms in total. The molecule has 2 aromatic carbocycles. The minimum Gasteiger partial charge on any atom is -0.360 e. The molecule has 150 valence electrons. The molecule has 4 rings (SSSR count). The number of anilines is 1. The van der Waals surface area contributed by atoms with Crippen molar-refractivity contribution >= 4 is 23.2 Å². The van der Waals surface area contributed by atoms with Gasteiger partial charge in [0.2, 0.25) is 5.91 Å². The number of hydrogen-bond donors (Lipinski definition) is 1. The van der Waals surface area contributed by atoms with Crippen LogP contribution in [-0.4, -0.2) is 53.9 Å². The summed E-state index contributed by atoms with van der Waals surface area (Å²) < 4.78 is 0. The number of likely N-dealkylation sites (tertiary alicyclic amines) is 1. The lowest BCUT2D eigenvalue weighted by Crippen LogP contribution is -3.19. The number of quaternary nitrogens is 1. The van der Waals surface area contributed by atoms with Crippen molar-refractivity contribution in [1.82, 2.24) is 4.90 Å². The largest absolute Gasteiger partial charge is 0.360 e. The molecule has 0 aliphatic carbocycles. The van der Waals surface area contributed by atoms with Crippen molar-refractivity contribution in [2.75, 3.05) is 31.1 Å². The van der Waals surface area contributed by atoms with Crippen LogP contribution in [0.3, 0.4) is 0 Å². The van der Waals surface area contributed by atoms with Crippen LogP contribution in [-0.2, 0) is 16.1 Å². The van der Waals surface area contributed by atoms with E-state index in [-0.39, 0.29) is 30.0 Å². The minimum absolute atomic E-state index is 0.0755. The molecule has 0 radical (unpaired) electrons. The number of carbonyl (C=O) groups excluding carboxylic acids is 2. The van der Waals surface area contributed by atoms with Crippen LogP contribution < -0.4 is 9.80 Å². The molecule has 0 bridgehead atoms. The van der Waals surface area contributed by atoms with E-state index in [9.17, 15) is 19.7 Å². The highest BCUT2D eigenvalue weighted by Gasteiger charge is 2.45. The normalized spacial score (nSPS) is 20.3. The minimum atomic E-state index is -0.407. The maximum atomic E-state index is 12.9. The second-order valence-electron chi connectivity index (χ2n) is 7.48. The summed E-state index contributed by atoms with van der Waals surface area (Å²) in [5, 5.41) is 10.8. The number of rotatable bonds is 5. The van der Waals surface area contributed by atoms with Gasteiger partial charge >= 0.3 is 0 Å². The van der Waals surface area contributed by atoms with Gasteiger partial charge in [0.05, 0.1) is 44.1 Å². The highest BCUT2D eigenvalue weighted by molar-refractivity contribution is 6.04. The predicted molar refractivity (Wildman–Crippen MR) is 106 cm³/mol. The summed E-state index contributed by atoms with van der Waals surface area (Å²) in [5.41, 5.74) is 1.97. The Morgan fingerprint density at radius 3 is 2.28 bits per heavy atom. The number of nitrogens with one attached hydrogen (secondary N) is 1. The van der Waals surface area contributed by atoms with Gasteiger partial charge in [-0.2, -0.15) is 0 Å². The van der Waals surface area contributed by atoms with E-state index in [1.165, 1.54) is 17.0 Å². The fourth-order valence-corrected chi connectivity index (χ4v) is 4.12. The Kier molecular flexibility index (Phi) is 5.26. The SMILES string of the molecule is O=C1C[C@H]([NH+]2CCN(c3ccc([N+](=O)[O-])cc3)CC2)C(=O)N1Cc1ccccc1. The van der Waals surface area contributed by atoms with Gasteiger partial charge in [-0.05, 0) is 17.7 Å². The average molecular weight is 395 g/mol. The zero-order valence-corrected chi connectivity index (χ0v) is 16.0. The smallest absolute Gasteiger partial charge is 0.288 e. The lowest BCUT2D eigenvalue weighted by atomic mass is 10.1. The summed E-state index contributed by atoms with van der Waals surface area (Å²) in [6.07, 6.45) is 0.262. The summed E-state index contributed by atoms with van der Waals surface area (Å²) in [6.45, 7) is 3.31. The molecule has 1 N–H and O–H groups in total. The van der Waals surface area contributed by atoms with Crippen molar-refractivity contribution in [2.24, 2.45) is 0 Å². The molecule has 2 saturated heterocycles. The van der Waals surface area contributed by atoms with Crippen LogP contribution in [0.1, 0.15) is 12.0 Å². The van der Waals surface area contributed by atoms with E-state index in [0.29, 0.717) is 6.54 Å². The lowest BCUT2D eigenvalue weighted by Gasteiger charge is -2.35. The van der Waals surface area contributed by atoms with E-state index in [0.717, 1.165) is 42.3 Å². The lowest BCUT2D eigenvalue weighted by molar-refractivity contribution is -0.915. The van der Waals surface area contributed by atoms with Gasteiger partial charge in [-0.15, -0.1) is 0 Å². The number of nitro groups is 1. The third kappa shape index (κ3) is 3.97. The van der Waals surface area contributed by atoms with Crippen LogP contribution in [0.5, 0.6) is 0 Å². The fourth-order valence-electron chi connectivity index (χ4n) is 4.12. The van der Waals surface area contributed by atoms with Crippen molar-refractivity contribution in [2.45, 2.75) is 19.0 Å². The second kappa shape index (κ2) is 8.00. The van der Waals surface area contributed by atoms with Gasteiger partial charge < -0.3 is 9.80 Å². The molecular weight excluding hydrogens is 372 g/mol. The van der Waals surface area contributed by atoms with Gasteiger partial charge in [0.25, 0.3) is 11.6 Å². The molecule has 8 heteroatoms. The zero-order chi connectivity index (χ0) is 20.4. The monoisotopic (exact) mass is 395 g/mol. The zero-order valence-electron chi connectivity index (χ0n) is 16.0. The molecular formula is C21H23N4O4+. The first-order valence-corrected chi connectivity index (χ1v) is 9.75. The third-order valence-corrected chi connectivity index (χ3v) is 5.75. The van der Waals surface area contributed by atoms with E-state index >= 15 is 0 Å². The van der Waals surface area contributed by atoms with Crippen molar-refractivity contribution in [3.05, 3.63) is 70.3 Å². The summed E-state index contributed by atoms with van der Waals surface area (Å²) in [6, 6.07) is 15.8. The highest BCUT2D eigenvalue weighted by atomic mass is 16.6. The molecule has 2 aromatic rings. The van der Waals surface area contributed by atoms with Crippen LogP contribution in [0.15, 0.2) is 54.6 Å². The van der Waals surface area contributed by atoms with E-state index in [4.69, 9.17) is 0 Å². The average Bonchev–Trinajstić information content (AvgIpc) is 3.03. The Balaban J connectivity index is 1.36. The Bertz CT molecular complexity index is 908. The molecule has 29 heavy (non-hydrogen) atoms. The molecule has 0 aromatic heterocycles. The van der Waals surface area contributed by atoms with E-state index in [1.807, 2.05) is 30.3 Å². The van der Waals surface area contributed by atoms with Gasteiger partial charge in [0.1, 0.15) is 0 Å². The maximum Gasteiger partial charge on any atom is 0.288 e. The molecule has 0 spiro atoms. The number of nitro benzene ring substituents is 1. The third-order valence-electron chi connectivity index (χ3n) is 5.75. The molecule has 2 amide bonds. The Hall–Kier alpha value is -3.26. The molecule has 2 aliphatic heterocycles. The number of amides is 2. The van der Waals surface area contributed by atoms with Gasteiger partial charge in [0.15, 0.2) is 6.04 Å². The predicted octanol–water partition coefficient (Wildman–Crippen LogP) is 0.627. The molecule has 2 aliphatic rings. The number of nitrogens with zero attached hydrogens (tertiary/aromatic N) is 3. The van der Waals surface area contributed by atoms with E-state index in [1.54, 1.807) is 12.1 Å². The Morgan fingerprint density at radius 1 is 1.00 bits per heavy atom. The molecule has 2 fully saturated rings. The number of piperazine rings is 1. The standard InChI is InChI=1S/C21H22N4O4/c26-20-14-19(21(27)24(20)15-16-4-2-1-3-5-16)23-12-10-22(11-13-23)17-6-8-18(9-7-17)25(28)29/h1-9,19H,10-15H2/p+1/t19-/m0/s1. The van der Waals surface area contributed by atoms with Crippen molar-refractivity contribution < 1.29 is 19.4 Å². The maximum absolute atomic E-state index is 12.9. The number of imide groups is 1. The van der Waals surface area contributed by atoms with Crippen molar-refractivity contribution in [3.8, 4) is 0 Å². The number of non-ortho nitro benzene ring substituents is 1. The summed E-state index contributed by atoms with van der Waals surface area (Å²) in [7, 11) is 0.